The lowest BCUT2D eigenvalue weighted by Crippen LogP contribution is -2.25. The predicted octanol–water partition coefficient (Wildman–Crippen LogP) is 5.88. The van der Waals surface area contributed by atoms with Crippen LogP contribution in [0.4, 0.5) is 5.95 Å². The Hall–Kier alpha value is -2.78. The fourth-order valence-corrected chi connectivity index (χ4v) is 4.11. The average Bonchev–Trinajstić information content (AvgIpc) is 3.51. The van der Waals surface area contributed by atoms with Gasteiger partial charge in [-0.1, -0.05) is 108 Å². The number of nitrogens with zero attached hydrogens (tertiary/aromatic N) is 6. The summed E-state index contributed by atoms with van der Waals surface area (Å²) in [5, 5.41) is 21.5. The number of unbranched alkanes of at least 4 members (excludes halogenated alkanes) is 15. The van der Waals surface area contributed by atoms with E-state index in [-0.39, 0.29) is 12.6 Å². The Balaban J connectivity index is 1.41. The topological polar surface area (TPSA) is 121 Å². The van der Waals surface area contributed by atoms with Gasteiger partial charge in [0.1, 0.15) is 5.69 Å². The third-order valence-corrected chi connectivity index (χ3v) is 6.17. The molecule has 1 N–H and O–H groups in total. The van der Waals surface area contributed by atoms with Crippen molar-refractivity contribution in [2.45, 2.75) is 116 Å². The molecule has 0 saturated heterocycles. The summed E-state index contributed by atoms with van der Waals surface area (Å²) < 4.78 is 2.78. The summed E-state index contributed by atoms with van der Waals surface area (Å²) in [6, 6.07) is 1.62. The van der Waals surface area contributed by atoms with Crippen molar-refractivity contribution in [1.29, 1.82) is 0 Å². The maximum absolute atomic E-state index is 12.3. The highest BCUT2D eigenvalue weighted by atomic mass is 16.6. The van der Waals surface area contributed by atoms with Gasteiger partial charge in [0.25, 0.3) is 5.91 Å². The number of nitrogens with one attached hydrogen (secondary N) is 1. The largest absolute Gasteiger partial charge is 0.491 e. The third kappa shape index (κ3) is 12.5. The molecule has 0 fully saturated rings. The first-order valence-electron chi connectivity index (χ1n) is 13.5. The standard InChI is InChI=1S/C25H43N7O3/c1-2-3-4-5-6-7-8-9-10-11-12-13-14-15-16-17-19-26-24(33)23-18-20-30(28-23)22-31-21-27-25(29-31)32(34)35/h18,20-21H,2-17,19,22H2,1H3,(H,26,33). The van der Waals surface area contributed by atoms with Gasteiger partial charge in [0.2, 0.25) is 6.33 Å². The fourth-order valence-electron chi connectivity index (χ4n) is 4.11. The maximum Gasteiger partial charge on any atom is 0.491 e. The van der Waals surface area contributed by atoms with Crippen LogP contribution >= 0.6 is 0 Å². The van der Waals surface area contributed by atoms with Gasteiger partial charge < -0.3 is 15.4 Å². The van der Waals surface area contributed by atoms with Gasteiger partial charge in [-0.25, -0.2) is 4.68 Å². The summed E-state index contributed by atoms with van der Waals surface area (Å²) in [6.45, 7) is 3.05. The first-order valence-corrected chi connectivity index (χ1v) is 13.5. The zero-order chi connectivity index (χ0) is 25.1. The van der Waals surface area contributed by atoms with Gasteiger partial charge in [-0.3, -0.25) is 4.79 Å². The molecule has 0 spiro atoms. The number of nitro groups is 1. The summed E-state index contributed by atoms with van der Waals surface area (Å²) in [5.74, 6) is -0.678. The molecular formula is C25H43N7O3. The SMILES string of the molecule is CCCCCCCCCCCCCCCCCCNC(=O)c1ccn(Cn2cnc([N+](=O)[O-])n2)n1. The van der Waals surface area contributed by atoms with E-state index in [0.717, 1.165) is 12.8 Å². The van der Waals surface area contributed by atoms with Crippen molar-refractivity contribution < 1.29 is 9.72 Å². The molecule has 10 nitrogen and oxygen atoms in total. The number of aromatic nitrogens is 5. The van der Waals surface area contributed by atoms with Crippen LogP contribution in [0.25, 0.3) is 0 Å². The van der Waals surface area contributed by atoms with Crippen LogP contribution in [0.5, 0.6) is 0 Å². The van der Waals surface area contributed by atoms with Crippen molar-refractivity contribution in [3.63, 3.8) is 0 Å². The van der Waals surface area contributed by atoms with Crippen LogP contribution in [0.2, 0.25) is 0 Å². The van der Waals surface area contributed by atoms with Gasteiger partial charge in [0, 0.05) is 17.8 Å². The summed E-state index contributed by atoms with van der Waals surface area (Å²) in [4.78, 5) is 25.8. The number of rotatable bonds is 21. The highest BCUT2D eigenvalue weighted by Gasteiger charge is 2.14. The number of carbonyl (C=O) groups is 1. The highest BCUT2D eigenvalue weighted by Crippen LogP contribution is 2.13. The van der Waals surface area contributed by atoms with Gasteiger partial charge in [-0.15, -0.1) is 0 Å². The van der Waals surface area contributed by atoms with Gasteiger partial charge in [0.15, 0.2) is 6.67 Å². The van der Waals surface area contributed by atoms with Crippen LogP contribution in [0.15, 0.2) is 18.6 Å². The zero-order valence-corrected chi connectivity index (χ0v) is 21.4. The molecule has 2 aromatic rings. The molecule has 35 heavy (non-hydrogen) atoms. The Bertz CT molecular complexity index is 850. The number of hydrogen-bond donors (Lipinski definition) is 1. The first kappa shape index (κ1) is 28.5. The summed E-state index contributed by atoms with van der Waals surface area (Å²) >= 11 is 0. The molecule has 2 aromatic heterocycles. The molecule has 0 aliphatic heterocycles. The molecule has 2 heterocycles. The Labute approximate surface area is 209 Å². The van der Waals surface area contributed by atoms with E-state index in [1.54, 1.807) is 12.3 Å². The van der Waals surface area contributed by atoms with E-state index in [9.17, 15) is 14.9 Å². The lowest BCUT2D eigenvalue weighted by atomic mass is 10.0. The molecule has 196 valence electrons. The minimum absolute atomic E-state index is 0.146. The van der Waals surface area contributed by atoms with E-state index >= 15 is 0 Å². The van der Waals surface area contributed by atoms with Crippen molar-refractivity contribution in [2.75, 3.05) is 6.54 Å². The van der Waals surface area contributed by atoms with E-state index < -0.39 is 10.9 Å². The van der Waals surface area contributed by atoms with Crippen molar-refractivity contribution >= 4 is 11.9 Å². The van der Waals surface area contributed by atoms with Crippen LogP contribution in [0.3, 0.4) is 0 Å². The summed E-state index contributed by atoms with van der Waals surface area (Å²) in [6.07, 6.45) is 24.1. The summed E-state index contributed by atoms with van der Waals surface area (Å²) in [5.41, 5.74) is 0.316. The van der Waals surface area contributed by atoms with Gasteiger partial charge in [0.05, 0.1) is 0 Å². The van der Waals surface area contributed by atoms with Crippen molar-refractivity contribution in [3.05, 3.63) is 34.4 Å². The van der Waals surface area contributed by atoms with Gasteiger partial charge >= 0.3 is 5.95 Å². The highest BCUT2D eigenvalue weighted by molar-refractivity contribution is 5.92. The second kappa shape index (κ2) is 17.6. The smallest absolute Gasteiger partial charge is 0.390 e. The van der Waals surface area contributed by atoms with Crippen molar-refractivity contribution in [3.8, 4) is 0 Å². The predicted molar refractivity (Wildman–Crippen MR) is 136 cm³/mol. The van der Waals surface area contributed by atoms with E-state index in [2.05, 4.69) is 27.4 Å². The molecular weight excluding hydrogens is 446 g/mol. The lowest BCUT2D eigenvalue weighted by molar-refractivity contribution is -0.394. The number of amides is 1. The van der Waals surface area contributed by atoms with E-state index in [0.29, 0.717) is 12.2 Å². The Morgan fingerprint density at radius 3 is 1.91 bits per heavy atom. The van der Waals surface area contributed by atoms with Crippen molar-refractivity contribution in [1.82, 2.24) is 29.9 Å². The molecule has 10 heteroatoms. The van der Waals surface area contributed by atoms with Gasteiger partial charge in [-0.05, 0) is 17.4 Å². The molecule has 0 aliphatic carbocycles. The van der Waals surface area contributed by atoms with Crippen LogP contribution in [0.1, 0.15) is 120 Å². The third-order valence-electron chi connectivity index (χ3n) is 6.17. The van der Waals surface area contributed by atoms with E-state index in [4.69, 9.17) is 0 Å². The van der Waals surface area contributed by atoms with Crippen LogP contribution in [-0.4, -0.2) is 41.9 Å². The molecule has 0 aliphatic rings. The minimum Gasteiger partial charge on any atom is -0.390 e. The zero-order valence-electron chi connectivity index (χ0n) is 21.4. The first-order chi connectivity index (χ1) is 17.1. The van der Waals surface area contributed by atoms with Crippen LogP contribution < -0.4 is 5.32 Å². The number of carbonyl (C=O) groups excluding carboxylic acids is 1. The molecule has 0 bridgehead atoms. The monoisotopic (exact) mass is 489 g/mol. The minimum atomic E-state index is -0.656. The molecule has 0 saturated carbocycles. The fraction of sp³-hybridized carbons (Fsp3) is 0.760. The normalized spacial score (nSPS) is 11.1. The second-order valence-corrected chi connectivity index (χ2v) is 9.28. The lowest BCUT2D eigenvalue weighted by Gasteiger charge is -2.05. The molecule has 0 unspecified atom stereocenters. The molecule has 0 atom stereocenters. The molecule has 0 aromatic carbocycles. The Morgan fingerprint density at radius 2 is 1.40 bits per heavy atom. The maximum atomic E-state index is 12.3. The van der Waals surface area contributed by atoms with Crippen LogP contribution in [0, 0.1) is 10.1 Å². The second-order valence-electron chi connectivity index (χ2n) is 9.28. The Kier molecular flexibility index (Phi) is 14.3. The quantitative estimate of drug-likeness (QED) is 0.133. The average molecular weight is 490 g/mol. The summed E-state index contributed by atoms with van der Waals surface area (Å²) in [7, 11) is 0. The van der Waals surface area contributed by atoms with E-state index in [1.807, 2.05) is 0 Å². The van der Waals surface area contributed by atoms with Gasteiger partial charge in [-0.2, -0.15) is 9.78 Å². The van der Waals surface area contributed by atoms with E-state index in [1.165, 1.54) is 106 Å². The molecule has 1 amide bonds. The number of hydrogen-bond acceptors (Lipinski definition) is 6. The van der Waals surface area contributed by atoms with Crippen LogP contribution in [-0.2, 0) is 6.67 Å². The molecule has 0 radical (unpaired) electrons. The van der Waals surface area contributed by atoms with Crippen molar-refractivity contribution in [2.24, 2.45) is 0 Å². The Morgan fingerprint density at radius 1 is 0.857 bits per heavy atom. The molecule has 2 rings (SSSR count).